The first-order valence-corrected chi connectivity index (χ1v) is 9.71. The van der Waals surface area contributed by atoms with Crippen LogP contribution < -0.4 is 5.32 Å². The normalized spacial score (nSPS) is 10.6. The monoisotopic (exact) mass is 383 g/mol. The first-order valence-electron chi connectivity index (χ1n) is 9.71. The van der Waals surface area contributed by atoms with E-state index >= 15 is 0 Å². The predicted molar refractivity (Wildman–Crippen MR) is 109 cm³/mol. The summed E-state index contributed by atoms with van der Waals surface area (Å²) in [5, 5.41) is 2.70. The number of benzene rings is 1. The number of nitrogens with zero attached hydrogens (tertiary/aromatic N) is 1. The van der Waals surface area contributed by atoms with Crippen molar-refractivity contribution in [2.24, 2.45) is 0 Å². The number of rotatable bonds is 9. The second-order valence-electron chi connectivity index (χ2n) is 6.86. The van der Waals surface area contributed by atoms with Crippen molar-refractivity contribution in [2.45, 2.75) is 47.1 Å². The molecule has 0 atom stereocenters. The summed E-state index contributed by atoms with van der Waals surface area (Å²) in [5.74, 6) is -0.567. The van der Waals surface area contributed by atoms with Gasteiger partial charge in [0.25, 0.3) is 5.91 Å². The largest absolute Gasteiger partial charge is 0.354 e. The first kappa shape index (κ1) is 21.4. The van der Waals surface area contributed by atoms with E-state index in [-0.39, 0.29) is 24.1 Å². The standard InChI is InChI=1S/C22H29N3O3/c1-5-10-18-20(16(4)26)15(3)24-21(18)22(28)23-13-19(27)25(6-2)14-17-11-8-7-9-12-17/h7-9,11-12,24H,5-6,10,13-14H2,1-4H3,(H,23,28). The highest BCUT2D eigenvalue weighted by atomic mass is 16.2. The first-order chi connectivity index (χ1) is 13.4. The zero-order valence-corrected chi connectivity index (χ0v) is 17.1. The molecular weight excluding hydrogens is 354 g/mol. The zero-order chi connectivity index (χ0) is 20.7. The number of aromatic nitrogens is 1. The fraction of sp³-hybridized carbons (Fsp3) is 0.409. The van der Waals surface area contributed by atoms with Crippen molar-refractivity contribution in [1.29, 1.82) is 0 Å². The van der Waals surface area contributed by atoms with Gasteiger partial charge in [0.05, 0.1) is 6.54 Å². The Morgan fingerprint density at radius 3 is 2.36 bits per heavy atom. The van der Waals surface area contributed by atoms with Gasteiger partial charge in [0.15, 0.2) is 5.78 Å². The Balaban J connectivity index is 2.07. The van der Waals surface area contributed by atoms with Crippen LogP contribution in [0.1, 0.15) is 64.9 Å². The van der Waals surface area contributed by atoms with Gasteiger partial charge in [0.2, 0.25) is 5.91 Å². The fourth-order valence-corrected chi connectivity index (χ4v) is 3.38. The van der Waals surface area contributed by atoms with Crippen LogP contribution in [0.4, 0.5) is 0 Å². The lowest BCUT2D eigenvalue weighted by Gasteiger charge is -2.21. The number of hydrogen-bond donors (Lipinski definition) is 2. The number of likely N-dealkylation sites (N-methyl/N-ethyl adjacent to an activating group) is 1. The second kappa shape index (κ2) is 9.88. The molecule has 0 radical (unpaired) electrons. The average Bonchev–Trinajstić information content (AvgIpc) is 3.01. The maximum Gasteiger partial charge on any atom is 0.268 e. The summed E-state index contributed by atoms with van der Waals surface area (Å²) < 4.78 is 0. The van der Waals surface area contributed by atoms with Gasteiger partial charge in [-0.05, 0) is 38.3 Å². The zero-order valence-electron chi connectivity index (χ0n) is 17.1. The molecular formula is C22H29N3O3. The highest BCUT2D eigenvalue weighted by Gasteiger charge is 2.23. The number of aryl methyl sites for hydroxylation is 1. The molecule has 1 aromatic heterocycles. The number of carbonyl (C=O) groups is 3. The Morgan fingerprint density at radius 1 is 1.11 bits per heavy atom. The molecule has 2 aromatic rings. The quantitative estimate of drug-likeness (QED) is 0.652. The summed E-state index contributed by atoms with van der Waals surface area (Å²) in [7, 11) is 0. The van der Waals surface area contributed by atoms with Crippen molar-refractivity contribution in [3.05, 3.63) is 58.4 Å². The summed E-state index contributed by atoms with van der Waals surface area (Å²) in [5.41, 5.74) is 3.42. The van der Waals surface area contributed by atoms with E-state index in [4.69, 9.17) is 0 Å². The number of aromatic amines is 1. The molecule has 1 aromatic carbocycles. The lowest BCUT2D eigenvalue weighted by atomic mass is 10.0. The van der Waals surface area contributed by atoms with Gasteiger partial charge in [-0.1, -0.05) is 43.7 Å². The van der Waals surface area contributed by atoms with Gasteiger partial charge in [0, 0.05) is 24.3 Å². The number of Topliss-reactive ketones (excluding diaryl/α,β-unsaturated/α-hetero) is 1. The van der Waals surface area contributed by atoms with Crippen LogP contribution in [-0.2, 0) is 17.8 Å². The van der Waals surface area contributed by atoms with Gasteiger partial charge in [0.1, 0.15) is 5.69 Å². The molecule has 2 amide bonds. The number of ketones is 1. The van der Waals surface area contributed by atoms with Crippen molar-refractivity contribution in [2.75, 3.05) is 13.1 Å². The number of nitrogens with one attached hydrogen (secondary N) is 2. The number of H-pyrrole nitrogens is 1. The minimum absolute atomic E-state index is 0.0626. The van der Waals surface area contributed by atoms with Gasteiger partial charge < -0.3 is 15.2 Å². The molecule has 0 fully saturated rings. The molecule has 2 N–H and O–H groups in total. The van der Waals surface area contributed by atoms with Crippen LogP contribution in [0.25, 0.3) is 0 Å². The van der Waals surface area contributed by atoms with Crippen molar-refractivity contribution >= 4 is 17.6 Å². The molecule has 0 aliphatic carbocycles. The van der Waals surface area contributed by atoms with Crippen LogP contribution in [0, 0.1) is 6.92 Å². The molecule has 6 nitrogen and oxygen atoms in total. The Kier molecular flexibility index (Phi) is 7.55. The highest BCUT2D eigenvalue weighted by molar-refractivity contribution is 6.03. The van der Waals surface area contributed by atoms with E-state index in [1.54, 1.807) is 11.8 Å². The van der Waals surface area contributed by atoms with Gasteiger partial charge in [-0.3, -0.25) is 14.4 Å². The average molecular weight is 383 g/mol. The van der Waals surface area contributed by atoms with Crippen LogP contribution in [0.3, 0.4) is 0 Å². The van der Waals surface area contributed by atoms with E-state index in [0.29, 0.717) is 36.5 Å². The maximum atomic E-state index is 12.7. The second-order valence-corrected chi connectivity index (χ2v) is 6.86. The molecule has 0 saturated heterocycles. The molecule has 0 aliphatic rings. The van der Waals surface area contributed by atoms with Crippen molar-refractivity contribution in [1.82, 2.24) is 15.2 Å². The maximum absolute atomic E-state index is 12.7. The van der Waals surface area contributed by atoms with Crippen LogP contribution >= 0.6 is 0 Å². The van der Waals surface area contributed by atoms with E-state index in [1.165, 1.54) is 6.92 Å². The molecule has 150 valence electrons. The van der Waals surface area contributed by atoms with Crippen molar-refractivity contribution < 1.29 is 14.4 Å². The summed E-state index contributed by atoms with van der Waals surface area (Å²) in [6, 6.07) is 9.74. The summed E-state index contributed by atoms with van der Waals surface area (Å²) in [6.07, 6.45) is 1.45. The van der Waals surface area contributed by atoms with E-state index < -0.39 is 0 Å². The van der Waals surface area contributed by atoms with Crippen LogP contribution in [0.15, 0.2) is 30.3 Å². The van der Waals surface area contributed by atoms with Gasteiger partial charge >= 0.3 is 0 Å². The summed E-state index contributed by atoms with van der Waals surface area (Å²) >= 11 is 0. The van der Waals surface area contributed by atoms with E-state index in [0.717, 1.165) is 17.5 Å². The third kappa shape index (κ3) is 5.09. The molecule has 28 heavy (non-hydrogen) atoms. The SMILES string of the molecule is CCCc1c(C(=O)NCC(=O)N(CC)Cc2ccccc2)[nH]c(C)c1C(C)=O. The van der Waals surface area contributed by atoms with E-state index in [9.17, 15) is 14.4 Å². The summed E-state index contributed by atoms with van der Waals surface area (Å²) in [4.78, 5) is 41.9. The molecule has 2 rings (SSSR count). The Morgan fingerprint density at radius 2 is 1.79 bits per heavy atom. The number of hydrogen-bond acceptors (Lipinski definition) is 3. The molecule has 1 heterocycles. The molecule has 0 unspecified atom stereocenters. The Labute approximate surface area is 166 Å². The smallest absolute Gasteiger partial charge is 0.268 e. The molecule has 0 spiro atoms. The molecule has 0 saturated carbocycles. The third-order valence-corrected chi connectivity index (χ3v) is 4.72. The molecule has 0 bridgehead atoms. The van der Waals surface area contributed by atoms with E-state index in [2.05, 4.69) is 10.3 Å². The van der Waals surface area contributed by atoms with E-state index in [1.807, 2.05) is 44.2 Å². The minimum atomic E-state index is -0.358. The lowest BCUT2D eigenvalue weighted by Crippen LogP contribution is -2.40. The minimum Gasteiger partial charge on any atom is -0.354 e. The van der Waals surface area contributed by atoms with Crippen LogP contribution in [-0.4, -0.2) is 40.6 Å². The topological polar surface area (TPSA) is 82.3 Å². The lowest BCUT2D eigenvalue weighted by molar-refractivity contribution is -0.130. The number of amides is 2. The summed E-state index contributed by atoms with van der Waals surface area (Å²) in [6.45, 7) is 8.18. The predicted octanol–water partition coefficient (Wildman–Crippen LogP) is 3.26. The van der Waals surface area contributed by atoms with Crippen molar-refractivity contribution in [3.63, 3.8) is 0 Å². The highest BCUT2D eigenvalue weighted by Crippen LogP contribution is 2.21. The van der Waals surface area contributed by atoms with Gasteiger partial charge in [-0.25, -0.2) is 0 Å². The Hall–Kier alpha value is -2.89. The Bertz CT molecular complexity index is 840. The van der Waals surface area contributed by atoms with Crippen LogP contribution in [0.5, 0.6) is 0 Å². The molecule has 6 heteroatoms. The van der Waals surface area contributed by atoms with Crippen LogP contribution in [0.2, 0.25) is 0 Å². The van der Waals surface area contributed by atoms with Gasteiger partial charge in [-0.15, -0.1) is 0 Å². The van der Waals surface area contributed by atoms with Crippen molar-refractivity contribution in [3.8, 4) is 0 Å². The third-order valence-electron chi connectivity index (χ3n) is 4.72. The fourth-order valence-electron chi connectivity index (χ4n) is 3.38. The molecule has 0 aliphatic heterocycles. The number of carbonyl (C=O) groups excluding carboxylic acids is 3. The van der Waals surface area contributed by atoms with Gasteiger partial charge in [-0.2, -0.15) is 0 Å².